The molecule has 1 nitrogen and oxygen atoms in total. The van der Waals surface area contributed by atoms with Crippen molar-refractivity contribution in [1.82, 2.24) is 0 Å². The molecule has 1 heteroatoms. The maximum atomic E-state index is 10.8. The molecule has 0 amide bonds. The molecule has 0 aliphatic heterocycles. The number of ketones is 1. The number of allylic oxidation sites excluding steroid dienone is 4. The zero-order valence-electron chi connectivity index (χ0n) is 4.37. The van der Waals surface area contributed by atoms with Gasteiger partial charge in [-0.15, -0.1) is 0 Å². The molecular weight excluding hydrogens is 100 g/mol. The quantitative estimate of drug-likeness (QED) is 0.420. The fourth-order valence-electron chi connectivity index (χ4n) is 1.21. The summed E-state index contributed by atoms with van der Waals surface area (Å²) in [6.45, 7) is 0. The van der Waals surface area contributed by atoms with Crippen LogP contribution in [-0.2, 0) is 4.79 Å². The van der Waals surface area contributed by atoms with Gasteiger partial charge in [-0.2, -0.15) is 0 Å². The molecular formula is C7H6O. The van der Waals surface area contributed by atoms with Gasteiger partial charge in [-0.25, -0.2) is 0 Å². The molecule has 0 heterocycles. The predicted octanol–water partition coefficient (Wildman–Crippen LogP) is 0.927. The van der Waals surface area contributed by atoms with Crippen molar-refractivity contribution in [1.29, 1.82) is 0 Å². The monoisotopic (exact) mass is 106 g/mol. The zero-order valence-corrected chi connectivity index (χ0v) is 4.37. The van der Waals surface area contributed by atoms with Crippen molar-refractivity contribution in [2.24, 2.45) is 11.8 Å². The second kappa shape index (κ2) is 1.10. The first kappa shape index (κ1) is 4.07. The Morgan fingerprint density at radius 1 is 1.00 bits per heavy atom. The lowest BCUT2D eigenvalue weighted by molar-refractivity contribution is -0.120. The number of fused-ring (bicyclic) bond motifs is 2. The molecule has 0 saturated heterocycles. The molecule has 0 fully saturated rings. The van der Waals surface area contributed by atoms with Crippen LogP contribution >= 0.6 is 0 Å². The van der Waals surface area contributed by atoms with Gasteiger partial charge in [0.2, 0.25) is 0 Å². The molecule has 40 valence electrons. The van der Waals surface area contributed by atoms with Crippen molar-refractivity contribution in [3.05, 3.63) is 24.3 Å². The highest BCUT2D eigenvalue weighted by molar-refractivity contribution is 5.95. The maximum absolute atomic E-state index is 10.8. The molecule has 0 spiro atoms. The lowest BCUT2D eigenvalue weighted by Crippen LogP contribution is -2.03. The topological polar surface area (TPSA) is 17.1 Å². The van der Waals surface area contributed by atoms with Crippen molar-refractivity contribution in [2.45, 2.75) is 0 Å². The summed E-state index contributed by atoms with van der Waals surface area (Å²) in [6.07, 6.45) is 7.86. The van der Waals surface area contributed by atoms with Crippen LogP contribution in [0.2, 0.25) is 0 Å². The molecule has 8 heavy (non-hydrogen) atoms. The molecule has 0 N–H and O–H groups in total. The second-order valence-corrected chi connectivity index (χ2v) is 2.22. The smallest absolute Gasteiger partial charge is 0.154 e. The van der Waals surface area contributed by atoms with Crippen LogP contribution in [0.4, 0.5) is 0 Å². The third-order valence-electron chi connectivity index (χ3n) is 1.71. The molecule has 0 aromatic carbocycles. The number of hydrogen-bond acceptors (Lipinski definition) is 1. The average molecular weight is 106 g/mol. The first-order chi connectivity index (χ1) is 3.88. The van der Waals surface area contributed by atoms with Crippen LogP contribution in [0.1, 0.15) is 0 Å². The Kier molecular flexibility index (Phi) is 0.562. The van der Waals surface area contributed by atoms with Gasteiger partial charge in [0.15, 0.2) is 5.78 Å². The summed E-state index contributed by atoms with van der Waals surface area (Å²) in [5.74, 6) is 0.630. The van der Waals surface area contributed by atoms with E-state index in [1.54, 1.807) is 0 Å². The Morgan fingerprint density at radius 3 is 1.50 bits per heavy atom. The average Bonchev–Trinajstić information content (AvgIpc) is 2.29. The summed E-state index contributed by atoms with van der Waals surface area (Å²) in [4.78, 5) is 10.8. The molecule has 0 unspecified atom stereocenters. The van der Waals surface area contributed by atoms with Crippen LogP contribution < -0.4 is 0 Å². The number of carbonyl (C=O) groups excluding carboxylic acids is 1. The molecule has 2 bridgehead atoms. The molecule has 0 radical (unpaired) electrons. The lowest BCUT2D eigenvalue weighted by Gasteiger charge is -1.89. The summed E-state index contributed by atoms with van der Waals surface area (Å²) < 4.78 is 0. The van der Waals surface area contributed by atoms with Crippen molar-refractivity contribution in [2.75, 3.05) is 0 Å². The van der Waals surface area contributed by atoms with Gasteiger partial charge in [-0.05, 0) is 0 Å². The summed E-state index contributed by atoms with van der Waals surface area (Å²) in [5.41, 5.74) is 0. The second-order valence-electron chi connectivity index (χ2n) is 2.22. The van der Waals surface area contributed by atoms with E-state index in [0.29, 0.717) is 5.78 Å². The van der Waals surface area contributed by atoms with Gasteiger partial charge in [0.25, 0.3) is 0 Å². The predicted molar refractivity (Wildman–Crippen MR) is 30.3 cm³/mol. The fraction of sp³-hybridized carbons (Fsp3) is 0.286. The molecule has 0 atom stereocenters. The van der Waals surface area contributed by atoms with E-state index in [4.69, 9.17) is 0 Å². The Hall–Kier alpha value is -0.850. The minimum Gasteiger partial charge on any atom is -0.298 e. The van der Waals surface area contributed by atoms with E-state index in [9.17, 15) is 4.79 Å². The van der Waals surface area contributed by atoms with E-state index >= 15 is 0 Å². The van der Waals surface area contributed by atoms with Crippen molar-refractivity contribution < 1.29 is 4.79 Å². The van der Waals surface area contributed by atoms with Gasteiger partial charge in [0, 0.05) is 0 Å². The normalized spacial score (nSPS) is 39.8. The van der Waals surface area contributed by atoms with E-state index in [1.807, 2.05) is 24.3 Å². The number of carbonyl (C=O) groups is 1. The van der Waals surface area contributed by atoms with Crippen LogP contribution in [0.15, 0.2) is 24.3 Å². The van der Waals surface area contributed by atoms with Gasteiger partial charge in [0.05, 0.1) is 11.8 Å². The van der Waals surface area contributed by atoms with E-state index in [1.165, 1.54) is 0 Å². The minimum atomic E-state index is 0.139. The number of hydrogen-bond donors (Lipinski definition) is 0. The van der Waals surface area contributed by atoms with Crippen molar-refractivity contribution in [3.8, 4) is 0 Å². The summed E-state index contributed by atoms with van der Waals surface area (Å²) in [7, 11) is 0. The van der Waals surface area contributed by atoms with Crippen LogP contribution in [-0.4, -0.2) is 5.78 Å². The first-order valence-corrected chi connectivity index (χ1v) is 2.78. The molecule has 2 rings (SSSR count). The minimum absolute atomic E-state index is 0.139. The van der Waals surface area contributed by atoms with Crippen LogP contribution in [0.25, 0.3) is 0 Å². The van der Waals surface area contributed by atoms with Crippen LogP contribution in [0.5, 0.6) is 0 Å². The largest absolute Gasteiger partial charge is 0.298 e. The zero-order chi connectivity index (χ0) is 5.56. The highest BCUT2D eigenvalue weighted by Crippen LogP contribution is 2.28. The number of Topliss-reactive ketones (excluding diaryl/α,β-unsaturated/α-hetero) is 1. The van der Waals surface area contributed by atoms with Gasteiger partial charge in [-0.1, -0.05) is 24.3 Å². The van der Waals surface area contributed by atoms with Gasteiger partial charge in [0.1, 0.15) is 0 Å². The Morgan fingerprint density at radius 2 is 1.38 bits per heavy atom. The SMILES string of the molecule is O=C1C2C=CC1C=C2. The first-order valence-electron chi connectivity index (χ1n) is 2.78. The van der Waals surface area contributed by atoms with E-state index in [0.717, 1.165) is 0 Å². The Labute approximate surface area is 47.7 Å². The third kappa shape index (κ3) is 0.302. The highest BCUT2D eigenvalue weighted by Gasteiger charge is 2.29. The van der Waals surface area contributed by atoms with Crippen LogP contribution in [0.3, 0.4) is 0 Å². The standard InChI is InChI=1S/C7H6O/c8-7-5-1-2-6(7)4-3-5/h1-6H. The molecule has 2 aliphatic carbocycles. The van der Waals surface area contributed by atoms with Gasteiger partial charge in [-0.3, -0.25) is 4.79 Å². The van der Waals surface area contributed by atoms with Crippen LogP contribution in [0, 0.1) is 11.8 Å². The molecule has 2 aliphatic rings. The van der Waals surface area contributed by atoms with Crippen molar-refractivity contribution >= 4 is 5.78 Å². The number of rotatable bonds is 0. The third-order valence-corrected chi connectivity index (χ3v) is 1.71. The molecule has 0 saturated carbocycles. The van der Waals surface area contributed by atoms with E-state index in [-0.39, 0.29) is 11.8 Å². The van der Waals surface area contributed by atoms with Gasteiger partial charge < -0.3 is 0 Å². The van der Waals surface area contributed by atoms with Gasteiger partial charge >= 0.3 is 0 Å². The molecule has 0 aromatic heterocycles. The summed E-state index contributed by atoms with van der Waals surface area (Å²) >= 11 is 0. The van der Waals surface area contributed by atoms with E-state index < -0.39 is 0 Å². The summed E-state index contributed by atoms with van der Waals surface area (Å²) in [6, 6.07) is 0. The summed E-state index contributed by atoms with van der Waals surface area (Å²) in [5, 5.41) is 0. The van der Waals surface area contributed by atoms with Crippen molar-refractivity contribution in [3.63, 3.8) is 0 Å². The fourth-order valence-corrected chi connectivity index (χ4v) is 1.21. The molecule has 0 aromatic rings. The lowest BCUT2D eigenvalue weighted by atomic mass is 10.1. The highest BCUT2D eigenvalue weighted by atomic mass is 16.1. The Balaban J connectivity index is 2.48. The Bertz CT molecular complexity index is 157. The maximum Gasteiger partial charge on any atom is 0.154 e. The van der Waals surface area contributed by atoms with E-state index in [2.05, 4.69) is 0 Å².